The number of rotatable bonds is 3. The summed E-state index contributed by atoms with van der Waals surface area (Å²) < 4.78 is 5.17. The van der Waals surface area contributed by atoms with Gasteiger partial charge in [-0.25, -0.2) is 10.4 Å². The van der Waals surface area contributed by atoms with Gasteiger partial charge in [-0.05, 0) is 26.0 Å². The summed E-state index contributed by atoms with van der Waals surface area (Å²) in [5, 5.41) is 4.06. The lowest BCUT2D eigenvalue weighted by Gasteiger charge is -2.01. The quantitative estimate of drug-likeness (QED) is 0.620. The standard InChI is InChI=1S/C11H12N4O2/c1-7-6-10(16)13-11(12-7)15-14-8(2)9-4-3-5-17-9/h3-6H,1-2H3,(H2,12,13,15,16)/b14-8+. The third-order valence-electron chi connectivity index (χ3n) is 2.08. The van der Waals surface area contributed by atoms with Crippen molar-refractivity contribution in [1.82, 2.24) is 9.97 Å². The van der Waals surface area contributed by atoms with Gasteiger partial charge in [0.1, 0.15) is 11.5 Å². The van der Waals surface area contributed by atoms with Gasteiger partial charge < -0.3 is 4.42 Å². The fourth-order valence-electron chi connectivity index (χ4n) is 1.31. The number of hydrogen-bond acceptors (Lipinski definition) is 5. The van der Waals surface area contributed by atoms with Gasteiger partial charge in [-0.2, -0.15) is 5.10 Å². The van der Waals surface area contributed by atoms with Gasteiger partial charge in [-0.15, -0.1) is 0 Å². The third-order valence-corrected chi connectivity index (χ3v) is 2.08. The van der Waals surface area contributed by atoms with Crippen LogP contribution in [-0.4, -0.2) is 15.7 Å². The number of H-pyrrole nitrogens is 1. The Kier molecular flexibility index (Phi) is 3.04. The van der Waals surface area contributed by atoms with Crippen molar-refractivity contribution in [3.63, 3.8) is 0 Å². The van der Waals surface area contributed by atoms with E-state index >= 15 is 0 Å². The molecule has 88 valence electrons. The van der Waals surface area contributed by atoms with Crippen LogP contribution >= 0.6 is 0 Å². The van der Waals surface area contributed by atoms with Crippen LogP contribution in [-0.2, 0) is 0 Å². The van der Waals surface area contributed by atoms with Crippen LogP contribution in [0, 0.1) is 6.92 Å². The van der Waals surface area contributed by atoms with E-state index in [2.05, 4.69) is 20.5 Å². The number of aromatic nitrogens is 2. The highest BCUT2D eigenvalue weighted by atomic mass is 16.3. The molecule has 2 aromatic rings. The molecule has 0 saturated carbocycles. The largest absolute Gasteiger partial charge is 0.463 e. The number of furan rings is 1. The van der Waals surface area contributed by atoms with Crippen molar-refractivity contribution in [3.05, 3.63) is 46.3 Å². The number of anilines is 1. The van der Waals surface area contributed by atoms with E-state index < -0.39 is 0 Å². The monoisotopic (exact) mass is 232 g/mol. The highest BCUT2D eigenvalue weighted by Gasteiger charge is 2.00. The Morgan fingerprint density at radius 3 is 3.06 bits per heavy atom. The van der Waals surface area contributed by atoms with Gasteiger partial charge in [0.05, 0.1) is 6.26 Å². The summed E-state index contributed by atoms with van der Waals surface area (Å²) in [6.45, 7) is 3.53. The highest BCUT2D eigenvalue weighted by molar-refractivity contribution is 5.96. The topological polar surface area (TPSA) is 83.3 Å². The Morgan fingerprint density at radius 2 is 2.41 bits per heavy atom. The molecular weight excluding hydrogens is 220 g/mol. The number of aryl methyl sites for hydroxylation is 1. The van der Waals surface area contributed by atoms with E-state index in [1.165, 1.54) is 6.07 Å². The second-order valence-corrected chi connectivity index (χ2v) is 3.52. The zero-order valence-electron chi connectivity index (χ0n) is 9.52. The van der Waals surface area contributed by atoms with E-state index in [4.69, 9.17) is 4.42 Å². The molecule has 17 heavy (non-hydrogen) atoms. The fourth-order valence-corrected chi connectivity index (χ4v) is 1.31. The summed E-state index contributed by atoms with van der Waals surface area (Å²) in [5.41, 5.74) is 3.75. The predicted octanol–water partition coefficient (Wildman–Crippen LogP) is 1.51. The number of nitrogens with one attached hydrogen (secondary N) is 2. The molecule has 6 heteroatoms. The van der Waals surface area contributed by atoms with Crippen molar-refractivity contribution < 1.29 is 4.42 Å². The first-order chi connectivity index (χ1) is 8.15. The molecule has 0 aliphatic heterocycles. The molecule has 0 aliphatic carbocycles. The lowest BCUT2D eigenvalue weighted by Crippen LogP contribution is -2.11. The highest BCUT2D eigenvalue weighted by Crippen LogP contribution is 2.03. The van der Waals surface area contributed by atoms with E-state index in [0.29, 0.717) is 23.1 Å². The van der Waals surface area contributed by atoms with Gasteiger partial charge in [-0.1, -0.05) is 0 Å². The molecule has 2 N–H and O–H groups in total. The van der Waals surface area contributed by atoms with Crippen LogP contribution in [0.4, 0.5) is 5.95 Å². The van der Waals surface area contributed by atoms with E-state index in [0.717, 1.165) is 0 Å². The first-order valence-electron chi connectivity index (χ1n) is 5.07. The van der Waals surface area contributed by atoms with Crippen molar-refractivity contribution in [2.45, 2.75) is 13.8 Å². The zero-order chi connectivity index (χ0) is 12.3. The Balaban J connectivity index is 2.17. The lowest BCUT2D eigenvalue weighted by molar-refractivity contribution is 0.557. The molecule has 2 aromatic heterocycles. The van der Waals surface area contributed by atoms with Crippen LogP contribution in [0.25, 0.3) is 0 Å². The Bertz CT molecular complexity index is 584. The van der Waals surface area contributed by atoms with Gasteiger partial charge >= 0.3 is 0 Å². The summed E-state index contributed by atoms with van der Waals surface area (Å²) in [5.74, 6) is 0.966. The molecule has 2 heterocycles. The zero-order valence-corrected chi connectivity index (χ0v) is 9.52. The molecule has 0 saturated heterocycles. The minimum absolute atomic E-state index is 0.217. The van der Waals surface area contributed by atoms with Crippen LogP contribution < -0.4 is 11.0 Å². The summed E-state index contributed by atoms with van der Waals surface area (Å²) in [6, 6.07) is 4.99. The summed E-state index contributed by atoms with van der Waals surface area (Å²) in [6.07, 6.45) is 1.57. The molecule has 0 radical (unpaired) electrons. The van der Waals surface area contributed by atoms with E-state index in [1.54, 1.807) is 32.2 Å². The van der Waals surface area contributed by atoms with E-state index in [-0.39, 0.29) is 5.56 Å². The number of hydrogen-bond donors (Lipinski definition) is 2. The van der Waals surface area contributed by atoms with Gasteiger partial charge in [0.2, 0.25) is 5.95 Å². The molecule has 0 fully saturated rings. The van der Waals surface area contributed by atoms with Crippen molar-refractivity contribution in [1.29, 1.82) is 0 Å². The Morgan fingerprint density at radius 1 is 1.59 bits per heavy atom. The van der Waals surface area contributed by atoms with Crippen LogP contribution in [0.3, 0.4) is 0 Å². The number of hydrazone groups is 1. The maximum absolute atomic E-state index is 11.2. The summed E-state index contributed by atoms with van der Waals surface area (Å²) >= 11 is 0. The van der Waals surface area contributed by atoms with Crippen LogP contribution in [0.15, 0.2) is 38.8 Å². The van der Waals surface area contributed by atoms with Crippen molar-refractivity contribution >= 4 is 11.7 Å². The predicted molar refractivity (Wildman–Crippen MR) is 64.1 cm³/mol. The average Bonchev–Trinajstić information content (AvgIpc) is 2.78. The summed E-state index contributed by atoms with van der Waals surface area (Å²) in [4.78, 5) is 17.8. The lowest BCUT2D eigenvalue weighted by atomic mass is 10.3. The number of nitrogens with zero attached hydrogens (tertiary/aromatic N) is 2. The second-order valence-electron chi connectivity index (χ2n) is 3.52. The molecular formula is C11H12N4O2. The van der Waals surface area contributed by atoms with Crippen molar-refractivity contribution in [3.8, 4) is 0 Å². The molecule has 0 aromatic carbocycles. The first kappa shape index (κ1) is 11.1. The van der Waals surface area contributed by atoms with E-state index in [1.807, 2.05) is 0 Å². The molecule has 0 spiro atoms. The third kappa shape index (κ3) is 2.81. The fraction of sp³-hybridized carbons (Fsp3) is 0.182. The minimum Gasteiger partial charge on any atom is -0.463 e. The molecule has 0 aliphatic rings. The van der Waals surface area contributed by atoms with Gasteiger partial charge in [0.15, 0.2) is 0 Å². The smallest absolute Gasteiger partial charge is 0.252 e. The van der Waals surface area contributed by atoms with Gasteiger partial charge in [0.25, 0.3) is 5.56 Å². The van der Waals surface area contributed by atoms with Gasteiger partial charge in [-0.3, -0.25) is 9.78 Å². The van der Waals surface area contributed by atoms with E-state index in [9.17, 15) is 4.79 Å². The maximum Gasteiger partial charge on any atom is 0.252 e. The first-order valence-corrected chi connectivity index (χ1v) is 5.07. The normalized spacial score (nSPS) is 11.5. The van der Waals surface area contributed by atoms with Crippen LogP contribution in [0.1, 0.15) is 18.4 Å². The molecule has 0 atom stereocenters. The molecule has 0 amide bonds. The Labute approximate surface area is 97.4 Å². The maximum atomic E-state index is 11.2. The molecule has 0 bridgehead atoms. The molecule has 2 rings (SSSR count). The van der Waals surface area contributed by atoms with Crippen LogP contribution in [0.2, 0.25) is 0 Å². The average molecular weight is 232 g/mol. The molecule has 0 unspecified atom stereocenters. The van der Waals surface area contributed by atoms with Crippen molar-refractivity contribution in [2.75, 3.05) is 5.43 Å². The summed E-state index contributed by atoms with van der Waals surface area (Å²) in [7, 11) is 0. The minimum atomic E-state index is -0.217. The van der Waals surface area contributed by atoms with Gasteiger partial charge in [0, 0.05) is 11.8 Å². The second kappa shape index (κ2) is 4.65. The Hall–Kier alpha value is -2.37. The molecule has 6 nitrogen and oxygen atoms in total. The number of aromatic amines is 1. The van der Waals surface area contributed by atoms with Crippen molar-refractivity contribution in [2.24, 2.45) is 5.10 Å². The van der Waals surface area contributed by atoms with Crippen LogP contribution in [0.5, 0.6) is 0 Å². The SMILES string of the molecule is C/C(=N\Nc1nc(C)cc(=O)[nH]1)c1ccco1.